The van der Waals surface area contributed by atoms with E-state index in [1.54, 1.807) is 0 Å². The highest BCUT2D eigenvalue weighted by molar-refractivity contribution is 5.77. The van der Waals surface area contributed by atoms with Crippen molar-refractivity contribution >= 4 is 11.6 Å². The summed E-state index contributed by atoms with van der Waals surface area (Å²) in [5, 5.41) is 14.9. The van der Waals surface area contributed by atoms with Gasteiger partial charge in [0, 0.05) is 11.7 Å². The topological polar surface area (TPSA) is 64.9 Å². The van der Waals surface area contributed by atoms with Gasteiger partial charge < -0.3 is 10.6 Å². The number of anilines is 1. The molecule has 0 spiro atoms. The number of nitrogens with zero attached hydrogens (tertiary/aromatic N) is 1. The summed E-state index contributed by atoms with van der Waals surface area (Å²) in [7, 11) is 0. The summed E-state index contributed by atoms with van der Waals surface area (Å²) in [5.74, 6) is -0.114. The first-order chi connectivity index (χ1) is 8.51. The molecule has 0 radical (unpaired) electrons. The van der Waals surface area contributed by atoms with Gasteiger partial charge in [-0.2, -0.15) is 5.26 Å². The molecule has 0 bridgehead atoms. The van der Waals surface area contributed by atoms with Gasteiger partial charge >= 0.3 is 0 Å². The number of benzene rings is 1. The van der Waals surface area contributed by atoms with Crippen LogP contribution in [-0.2, 0) is 4.79 Å². The second-order valence-corrected chi connectivity index (χ2v) is 4.62. The third-order valence-corrected chi connectivity index (χ3v) is 2.35. The molecule has 0 saturated heterocycles. The minimum Gasteiger partial charge on any atom is -0.369 e. The highest BCUT2D eigenvalue weighted by Gasteiger charge is 2.13. The Bertz CT molecular complexity index is 449. The normalized spacial score (nSPS) is 11.7. The zero-order chi connectivity index (χ0) is 13.5. The van der Waals surface area contributed by atoms with Crippen LogP contribution in [0.15, 0.2) is 24.3 Å². The Hall–Kier alpha value is -2.02. The van der Waals surface area contributed by atoms with Crippen LogP contribution in [0, 0.1) is 18.3 Å². The number of rotatable bonds is 5. The molecule has 1 aromatic carbocycles. The molecule has 4 heteroatoms. The Morgan fingerprint density at radius 2 is 2.17 bits per heavy atom. The third kappa shape index (κ3) is 4.88. The molecular formula is C14H19N3O. The van der Waals surface area contributed by atoms with Crippen molar-refractivity contribution in [2.45, 2.75) is 39.3 Å². The van der Waals surface area contributed by atoms with Gasteiger partial charge in [0.2, 0.25) is 5.91 Å². The lowest BCUT2D eigenvalue weighted by molar-refractivity contribution is -0.121. The Balaban J connectivity index is 2.58. The molecular weight excluding hydrogens is 226 g/mol. The molecule has 18 heavy (non-hydrogen) atoms. The van der Waals surface area contributed by atoms with Gasteiger partial charge in [-0.25, -0.2) is 0 Å². The van der Waals surface area contributed by atoms with Gasteiger partial charge in [-0.15, -0.1) is 0 Å². The van der Waals surface area contributed by atoms with E-state index in [2.05, 4.69) is 16.7 Å². The van der Waals surface area contributed by atoms with Crippen molar-refractivity contribution in [2.24, 2.45) is 0 Å². The third-order valence-electron chi connectivity index (χ3n) is 2.35. The highest BCUT2D eigenvalue weighted by Crippen LogP contribution is 2.11. The molecule has 1 amide bonds. The quantitative estimate of drug-likeness (QED) is 0.836. The minimum atomic E-state index is -0.509. The predicted octanol–water partition coefficient (Wildman–Crippen LogP) is 2.21. The first kappa shape index (κ1) is 14.0. The molecule has 0 saturated carbocycles. The lowest BCUT2D eigenvalue weighted by Crippen LogP contribution is -2.34. The van der Waals surface area contributed by atoms with E-state index in [1.165, 1.54) is 0 Å². The lowest BCUT2D eigenvalue weighted by atomic mass is 10.1. The molecule has 1 atom stereocenters. The highest BCUT2D eigenvalue weighted by atomic mass is 16.1. The fraction of sp³-hybridized carbons (Fsp3) is 0.429. The van der Waals surface area contributed by atoms with Crippen molar-refractivity contribution < 1.29 is 4.79 Å². The average Bonchev–Trinajstić information content (AvgIpc) is 2.27. The molecule has 2 N–H and O–H groups in total. The maximum absolute atomic E-state index is 11.6. The summed E-state index contributed by atoms with van der Waals surface area (Å²) in [4.78, 5) is 11.6. The van der Waals surface area contributed by atoms with Crippen LogP contribution in [0.2, 0.25) is 0 Å². The Kier molecular flexibility index (Phi) is 5.19. The minimum absolute atomic E-state index is 0.0933. The summed E-state index contributed by atoms with van der Waals surface area (Å²) in [6.07, 6.45) is 0.155. The van der Waals surface area contributed by atoms with Gasteiger partial charge in [-0.05, 0) is 38.5 Å². The van der Waals surface area contributed by atoms with E-state index < -0.39 is 6.04 Å². The fourth-order valence-corrected chi connectivity index (χ4v) is 1.63. The van der Waals surface area contributed by atoms with Crippen molar-refractivity contribution in [3.05, 3.63) is 29.8 Å². The van der Waals surface area contributed by atoms with Crippen LogP contribution in [0.25, 0.3) is 0 Å². The molecule has 0 aliphatic carbocycles. The molecule has 96 valence electrons. The number of carbonyl (C=O) groups excluding carboxylic acids is 1. The molecule has 1 unspecified atom stereocenters. The van der Waals surface area contributed by atoms with Gasteiger partial charge in [0.25, 0.3) is 0 Å². The maximum atomic E-state index is 11.6. The Morgan fingerprint density at radius 1 is 1.44 bits per heavy atom. The zero-order valence-electron chi connectivity index (χ0n) is 11.0. The molecule has 0 aromatic heterocycles. The summed E-state index contributed by atoms with van der Waals surface area (Å²) in [6.45, 7) is 5.78. The summed E-state index contributed by atoms with van der Waals surface area (Å²) in [5.41, 5.74) is 1.97. The molecule has 0 fully saturated rings. The van der Waals surface area contributed by atoms with Gasteiger partial charge in [0.1, 0.15) is 6.04 Å². The SMILES string of the molecule is Cc1cccc(NC(C#N)CC(=O)NC(C)C)c1. The molecule has 0 aliphatic rings. The number of hydrogen-bond acceptors (Lipinski definition) is 3. The van der Waals surface area contributed by atoms with Crippen LogP contribution in [0.4, 0.5) is 5.69 Å². The van der Waals surface area contributed by atoms with E-state index in [0.29, 0.717) is 0 Å². The van der Waals surface area contributed by atoms with Crippen LogP contribution in [0.5, 0.6) is 0 Å². The van der Waals surface area contributed by atoms with Crippen molar-refractivity contribution in [1.82, 2.24) is 5.32 Å². The Morgan fingerprint density at radius 3 is 2.72 bits per heavy atom. The summed E-state index contributed by atoms with van der Waals surface area (Å²) < 4.78 is 0. The number of hydrogen-bond donors (Lipinski definition) is 2. The number of carbonyl (C=O) groups is 1. The summed E-state index contributed by atoms with van der Waals surface area (Å²) >= 11 is 0. The number of nitrogens with one attached hydrogen (secondary N) is 2. The maximum Gasteiger partial charge on any atom is 0.223 e. The van der Waals surface area contributed by atoms with Crippen LogP contribution < -0.4 is 10.6 Å². The van der Waals surface area contributed by atoms with E-state index in [4.69, 9.17) is 5.26 Å². The first-order valence-corrected chi connectivity index (χ1v) is 6.03. The van der Waals surface area contributed by atoms with Gasteiger partial charge in [-0.3, -0.25) is 4.79 Å². The van der Waals surface area contributed by atoms with E-state index in [0.717, 1.165) is 11.3 Å². The van der Waals surface area contributed by atoms with E-state index >= 15 is 0 Å². The smallest absolute Gasteiger partial charge is 0.223 e. The molecule has 4 nitrogen and oxygen atoms in total. The number of amides is 1. The molecule has 0 heterocycles. The first-order valence-electron chi connectivity index (χ1n) is 6.03. The fourth-order valence-electron chi connectivity index (χ4n) is 1.63. The second-order valence-electron chi connectivity index (χ2n) is 4.62. The van der Waals surface area contributed by atoms with E-state index in [1.807, 2.05) is 45.0 Å². The van der Waals surface area contributed by atoms with Crippen molar-refractivity contribution in [2.75, 3.05) is 5.32 Å². The standard InChI is InChI=1S/C14H19N3O/c1-10(2)16-14(18)8-13(9-15)17-12-6-4-5-11(3)7-12/h4-7,10,13,17H,8H2,1-3H3,(H,16,18). The number of aryl methyl sites for hydroxylation is 1. The van der Waals surface area contributed by atoms with Crippen molar-refractivity contribution in [1.29, 1.82) is 5.26 Å². The average molecular weight is 245 g/mol. The van der Waals surface area contributed by atoms with Crippen LogP contribution >= 0.6 is 0 Å². The van der Waals surface area contributed by atoms with Gasteiger partial charge in [-0.1, -0.05) is 12.1 Å². The van der Waals surface area contributed by atoms with Crippen molar-refractivity contribution in [3.63, 3.8) is 0 Å². The van der Waals surface area contributed by atoms with E-state index in [9.17, 15) is 4.79 Å². The van der Waals surface area contributed by atoms with E-state index in [-0.39, 0.29) is 18.4 Å². The van der Waals surface area contributed by atoms with Crippen LogP contribution in [0.3, 0.4) is 0 Å². The monoisotopic (exact) mass is 245 g/mol. The molecule has 1 rings (SSSR count). The lowest BCUT2D eigenvalue weighted by Gasteiger charge is -2.14. The van der Waals surface area contributed by atoms with Crippen molar-refractivity contribution in [3.8, 4) is 6.07 Å². The van der Waals surface area contributed by atoms with Crippen LogP contribution in [0.1, 0.15) is 25.8 Å². The zero-order valence-corrected chi connectivity index (χ0v) is 11.0. The second kappa shape index (κ2) is 6.65. The van der Waals surface area contributed by atoms with Gasteiger partial charge in [0.05, 0.1) is 12.5 Å². The van der Waals surface area contributed by atoms with Gasteiger partial charge in [0.15, 0.2) is 0 Å². The number of nitriles is 1. The predicted molar refractivity (Wildman–Crippen MR) is 72.1 cm³/mol. The van der Waals surface area contributed by atoms with Crippen LogP contribution in [-0.4, -0.2) is 18.0 Å². The molecule has 1 aromatic rings. The Labute approximate surface area is 108 Å². The molecule has 0 aliphatic heterocycles. The summed E-state index contributed by atoms with van der Waals surface area (Å²) in [6, 6.07) is 9.42. The largest absolute Gasteiger partial charge is 0.369 e.